The van der Waals surface area contributed by atoms with E-state index in [-0.39, 0.29) is 0 Å². The van der Waals surface area contributed by atoms with Gasteiger partial charge in [-0.2, -0.15) is 0 Å². The first kappa shape index (κ1) is 16.1. The van der Waals surface area contributed by atoms with Gasteiger partial charge < -0.3 is 14.6 Å². The Bertz CT molecular complexity index is 555. The number of rotatable bonds is 8. The number of methoxy groups -OCH3 is 1. The van der Waals surface area contributed by atoms with E-state index < -0.39 is 0 Å². The Hall–Kier alpha value is -1.30. The van der Waals surface area contributed by atoms with Crippen molar-refractivity contribution in [3.8, 4) is 0 Å². The predicted molar refractivity (Wildman–Crippen MR) is 85.2 cm³/mol. The maximum atomic E-state index is 5.18. The van der Waals surface area contributed by atoms with Gasteiger partial charge in [0.05, 0.1) is 5.69 Å². The monoisotopic (exact) mass is 306 g/mol. The number of thioether (sulfide) groups is 1. The van der Waals surface area contributed by atoms with E-state index in [2.05, 4.69) is 48.6 Å². The molecular formula is C16H22N2O2S. The molecule has 114 valence electrons. The second-order valence-electron chi connectivity index (χ2n) is 5.19. The molecule has 5 heteroatoms. The summed E-state index contributed by atoms with van der Waals surface area (Å²) in [5, 5.41) is 7.47. The second kappa shape index (κ2) is 8.22. The Morgan fingerprint density at radius 2 is 2.19 bits per heavy atom. The van der Waals surface area contributed by atoms with Gasteiger partial charge in [0, 0.05) is 36.4 Å². The van der Waals surface area contributed by atoms with Gasteiger partial charge >= 0.3 is 0 Å². The van der Waals surface area contributed by atoms with Crippen LogP contribution in [0.3, 0.4) is 0 Å². The average Bonchev–Trinajstić information content (AvgIpc) is 2.92. The second-order valence-corrected chi connectivity index (χ2v) is 6.24. The van der Waals surface area contributed by atoms with E-state index in [0.717, 1.165) is 23.8 Å². The van der Waals surface area contributed by atoms with Crippen LogP contribution in [0.4, 0.5) is 0 Å². The first-order valence-electron chi connectivity index (χ1n) is 7.06. The fourth-order valence-corrected chi connectivity index (χ4v) is 2.72. The number of hydrogen-bond acceptors (Lipinski definition) is 5. The molecule has 21 heavy (non-hydrogen) atoms. The summed E-state index contributed by atoms with van der Waals surface area (Å²) in [5.41, 5.74) is 2.24. The molecule has 0 aliphatic rings. The maximum Gasteiger partial charge on any atom is 0.162 e. The lowest BCUT2D eigenvalue weighted by Crippen LogP contribution is -2.21. The number of nitrogens with zero attached hydrogens (tertiary/aromatic N) is 1. The van der Waals surface area contributed by atoms with Gasteiger partial charge in [-0.25, -0.2) is 0 Å². The zero-order chi connectivity index (χ0) is 15.1. The number of aromatic nitrogens is 1. The van der Waals surface area contributed by atoms with E-state index in [1.54, 1.807) is 18.9 Å². The third kappa shape index (κ3) is 5.53. The Balaban J connectivity index is 1.88. The van der Waals surface area contributed by atoms with Gasteiger partial charge in [0.2, 0.25) is 0 Å². The lowest BCUT2D eigenvalue weighted by molar-refractivity contribution is 0.156. The molecule has 0 bridgehead atoms. The highest BCUT2D eigenvalue weighted by atomic mass is 32.2. The number of nitrogens with one attached hydrogen (secondary N) is 1. The van der Waals surface area contributed by atoms with E-state index in [1.807, 2.05) is 6.07 Å². The molecule has 2 aromatic rings. The lowest BCUT2D eigenvalue weighted by Gasteiger charge is -2.09. The van der Waals surface area contributed by atoms with Crippen LogP contribution in [0, 0.1) is 0 Å². The van der Waals surface area contributed by atoms with Crippen LogP contribution in [-0.4, -0.2) is 18.3 Å². The summed E-state index contributed by atoms with van der Waals surface area (Å²) >= 11 is 1.76. The van der Waals surface area contributed by atoms with Crippen LogP contribution in [0.5, 0.6) is 0 Å². The van der Waals surface area contributed by atoms with Crippen LogP contribution in [0.1, 0.15) is 30.9 Å². The minimum Gasteiger partial charge on any atom is -0.377 e. The van der Waals surface area contributed by atoms with Crippen molar-refractivity contribution in [2.75, 3.05) is 7.11 Å². The van der Waals surface area contributed by atoms with Gasteiger partial charge in [-0.15, -0.1) is 11.8 Å². The van der Waals surface area contributed by atoms with E-state index >= 15 is 0 Å². The van der Waals surface area contributed by atoms with E-state index in [4.69, 9.17) is 9.26 Å². The van der Waals surface area contributed by atoms with Crippen molar-refractivity contribution in [2.24, 2.45) is 0 Å². The summed E-state index contributed by atoms with van der Waals surface area (Å²) < 4.78 is 10.2. The molecule has 2 rings (SSSR count). The first-order valence-corrected chi connectivity index (χ1v) is 8.04. The quantitative estimate of drug-likeness (QED) is 0.755. The zero-order valence-corrected chi connectivity index (χ0v) is 13.6. The van der Waals surface area contributed by atoms with Gasteiger partial charge in [-0.3, -0.25) is 0 Å². The molecular weight excluding hydrogens is 284 g/mol. The minimum atomic E-state index is 0.466. The first-order chi connectivity index (χ1) is 10.2. The molecule has 1 N–H and O–H groups in total. The van der Waals surface area contributed by atoms with Crippen molar-refractivity contribution in [3.05, 3.63) is 47.3 Å². The van der Waals surface area contributed by atoms with Gasteiger partial charge in [0.1, 0.15) is 6.61 Å². The highest BCUT2D eigenvalue weighted by molar-refractivity contribution is 7.98. The molecule has 1 aromatic carbocycles. The van der Waals surface area contributed by atoms with Gasteiger partial charge in [0.15, 0.2) is 5.76 Å². The van der Waals surface area contributed by atoms with Crippen LogP contribution in [0.25, 0.3) is 0 Å². The van der Waals surface area contributed by atoms with Crippen molar-refractivity contribution in [2.45, 2.75) is 43.7 Å². The molecule has 0 atom stereocenters. The standard InChI is InChI=1S/C16H22N2O2S/c1-12(2)17-9-13-5-4-6-16(7-13)21-11-14-8-15(10-19-3)20-18-14/h4-8,12,17H,9-11H2,1-3H3. The topological polar surface area (TPSA) is 47.3 Å². The molecule has 0 amide bonds. The van der Waals surface area contributed by atoms with Gasteiger partial charge in [-0.05, 0) is 17.7 Å². The summed E-state index contributed by atoms with van der Waals surface area (Å²) in [5.74, 6) is 1.57. The smallest absolute Gasteiger partial charge is 0.162 e. The van der Waals surface area contributed by atoms with Gasteiger partial charge in [-0.1, -0.05) is 31.1 Å². The summed E-state index contributed by atoms with van der Waals surface area (Å²) in [6.07, 6.45) is 0. The molecule has 0 radical (unpaired) electrons. The zero-order valence-electron chi connectivity index (χ0n) is 12.8. The fraction of sp³-hybridized carbons (Fsp3) is 0.438. The van der Waals surface area contributed by atoms with Crippen molar-refractivity contribution in [3.63, 3.8) is 0 Å². The van der Waals surface area contributed by atoms with Crippen LogP contribution in [0.15, 0.2) is 39.8 Å². The maximum absolute atomic E-state index is 5.18. The van der Waals surface area contributed by atoms with Crippen molar-refractivity contribution in [1.29, 1.82) is 0 Å². The highest BCUT2D eigenvalue weighted by Gasteiger charge is 2.05. The number of ether oxygens (including phenoxy) is 1. The average molecular weight is 306 g/mol. The summed E-state index contributed by atoms with van der Waals surface area (Å²) in [6.45, 7) is 5.67. The summed E-state index contributed by atoms with van der Waals surface area (Å²) in [4.78, 5) is 1.24. The predicted octanol–water partition coefficient (Wildman–Crippen LogP) is 3.61. The van der Waals surface area contributed by atoms with E-state index in [1.165, 1.54) is 10.5 Å². The molecule has 0 aliphatic heterocycles. The van der Waals surface area contributed by atoms with Crippen molar-refractivity contribution in [1.82, 2.24) is 10.5 Å². The summed E-state index contributed by atoms with van der Waals surface area (Å²) in [7, 11) is 1.65. The SMILES string of the molecule is COCc1cc(CSc2cccc(CNC(C)C)c2)no1. The molecule has 1 heterocycles. The third-order valence-corrected chi connectivity index (χ3v) is 3.92. The lowest BCUT2D eigenvalue weighted by atomic mass is 10.2. The van der Waals surface area contributed by atoms with Crippen molar-refractivity contribution < 1.29 is 9.26 Å². The van der Waals surface area contributed by atoms with E-state index in [9.17, 15) is 0 Å². The normalized spacial score (nSPS) is 11.2. The Morgan fingerprint density at radius 3 is 2.95 bits per heavy atom. The Labute approximate surface area is 130 Å². The minimum absolute atomic E-state index is 0.466. The third-order valence-electron chi connectivity index (χ3n) is 2.89. The molecule has 0 saturated carbocycles. The number of benzene rings is 1. The Morgan fingerprint density at radius 1 is 1.33 bits per heavy atom. The molecule has 0 spiro atoms. The molecule has 1 aromatic heterocycles. The molecule has 0 fully saturated rings. The molecule has 0 aliphatic carbocycles. The molecule has 4 nitrogen and oxygen atoms in total. The highest BCUT2D eigenvalue weighted by Crippen LogP contribution is 2.23. The Kier molecular flexibility index (Phi) is 6.29. The largest absolute Gasteiger partial charge is 0.377 e. The summed E-state index contributed by atoms with van der Waals surface area (Å²) in [6, 6.07) is 11.0. The fourth-order valence-electron chi connectivity index (χ4n) is 1.86. The van der Waals surface area contributed by atoms with Crippen LogP contribution < -0.4 is 5.32 Å². The van der Waals surface area contributed by atoms with Crippen molar-refractivity contribution >= 4 is 11.8 Å². The molecule has 0 saturated heterocycles. The number of hydrogen-bond donors (Lipinski definition) is 1. The van der Waals surface area contributed by atoms with Gasteiger partial charge in [0.25, 0.3) is 0 Å². The van der Waals surface area contributed by atoms with Crippen LogP contribution in [0.2, 0.25) is 0 Å². The van der Waals surface area contributed by atoms with Crippen LogP contribution in [-0.2, 0) is 23.6 Å². The van der Waals surface area contributed by atoms with E-state index in [0.29, 0.717) is 12.6 Å². The molecule has 0 unspecified atom stereocenters. The van der Waals surface area contributed by atoms with Crippen LogP contribution >= 0.6 is 11.8 Å².